The first-order valence-corrected chi connectivity index (χ1v) is 7.59. The standard InChI is InChI=1S/C18H19NO2/c20-15-10-4-8-14-17(15)19-16(12-6-2-1-3-7-12)13-9-5-11-21-18(13)14/h1-4,6-8,10,13,16,18-20H,5,9,11H2/t13-,16+,18-/m1/s1. The van der Waals surface area contributed by atoms with Crippen molar-refractivity contribution < 1.29 is 9.84 Å². The fourth-order valence-corrected chi connectivity index (χ4v) is 3.67. The number of anilines is 1. The van der Waals surface area contributed by atoms with Crippen LogP contribution in [-0.4, -0.2) is 11.7 Å². The minimum atomic E-state index is 0.0762. The fourth-order valence-electron chi connectivity index (χ4n) is 3.67. The molecular formula is C18H19NO2. The Balaban J connectivity index is 1.81. The number of benzene rings is 2. The van der Waals surface area contributed by atoms with Crippen molar-refractivity contribution in [3.05, 3.63) is 59.7 Å². The van der Waals surface area contributed by atoms with Crippen molar-refractivity contribution in [1.29, 1.82) is 0 Å². The van der Waals surface area contributed by atoms with Crippen LogP contribution in [-0.2, 0) is 4.74 Å². The number of nitrogens with one attached hydrogen (secondary N) is 1. The van der Waals surface area contributed by atoms with Crippen molar-refractivity contribution in [2.24, 2.45) is 5.92 Å². The lowest BCUT2D eigenvalue weighted by molar-refractivity contribution is -0.0382. The molecule has 1 saturated heterocycles. The summed E-state index contributed by atoms with van der Waals surface area (Å²) in [7, 11) is 0. The van der Waals surface area contributed by atoms with Gasteiger partial charge in [-0.15, -0.1) is 0 Å². The lowest BCUT2D eigenvalue weighted by Crippen LogP contribution is -2.35. The lowest BCUT2D eigenvalue weighted by atomic mass is 9.77. The maximum atomic E-state index is 10.2. The van der Waals surface area contributed by atoms with E-state index in [1.54, 1.807) is 6.07 Å². The van der Waals surface area contributed by atoms with Gasteiger partial charge in [0.2, 0.25) is 0 Å². The van der Waals surface area contributed by atoms with Crippen LogP contribution in [0.15, 0.2) is 48.5 Å². The van der Waals surface area contributed by atoms with E-state index >= 15 is 0 Å². The van der Waals surface area contributed by atoms with Crippen LogP contribution in [0.4, 0.5) is 5.69 Å². The smallest absolute Gasteiger partial charge is 0.139 e. The summed E-state index contributed by atoms with van der Waals surface area (Å²) < 4.78 is 6.06. The van der Waals surface area contributed by atoms with E-state index < -0.39 is 0 Å². The Labute approximate surface area is 124 Å². The molecule has 2 N–H and O–H groups in total. The molecule has 3 atom stereocenters. The Morgan fingerprint density at radius 3 is 2.76 bits per heavy atom. The average Bonchev–Trinajstić information content (AvgIpc) is 2.55. The maximum Gasteiger partial charge on any atom is 0.139 e. The Hall–Kier alpha value is -2.00. The SMILES string of the molecule is Oc1cccc2c1N[C@@H](c1ccccc1)[C@H]1CCCO[C@@H]21. The van der Waals surface area contributed by atoms with E-state index in [2.05, 4.69) is 35.6 Å². The summed E-state index contributed by atoms with van der Waals surface area (Å²) in [5, 5.41) is 13.7. The zero-order valence-electron chi connectivity index (χ0n) is 11.8. The predicted octanol–water partition coefficient (Wildman–Crippen LogP) is 4.03. The molecule has 21 heavy (non-hydrogen) atoms. The maximum absolute atomic E-state index is 10.2. The van der Waals surface area contributed by atoms with Gasteiger partial charge >= 0.3 is 0 Å². The minimum Gasteiger partial charge on any atom is -0.506 e. The monoisotopic (exact) mass is 281 g/mol. The second-order valence-electron chi connectivity index (χ2n) is 5.87. The van der Waals surface area contributed by atoms with Crippen molar-refractivity contribution in [3.63, 3.8) is 0 Å². The van der Waals surface area contributed by atoms with Gasteiger partial charge in [0.25, 0.3) is 0 Å². The van der Waals surface area contributed by atoms with Gasteiger partial charge in [0.05, 0.1) is 17.8 Å². The molecule has 0 radical (unpaired) electrons. The van der Waals surface area contributed by atoms with Crippen molar-refractivity contribution in [2.75, 3.05) is 11.9 Å². The van der Waals surface area contributed by atoms with Gasteiger partial charge in [-0.25, -0.2) is 0 Å². The number of para-hydroxylation sites is 1. The molecule has 108 valence electrons. The zero-order valence-corrected chi connectivity index (χ0v) is 11.8. The summed E-state index contributed by atoms with van der Waals surface area (Å²) in [5.41, 5.74) is 3.17. The number of hydrogen-bond donors (Lipinski definition) is 2. The molecule has 2 aromatic carbocycles. The second-order valence-corrected chi connectivity index (χ2v) is 5.87. The summed E-state index contributed by atoms with van der Waals surface area (Å²) in [4.78, 5) is 0. The molecule has 3 heteroatoms. The van der Waals surface area contributed by atoms with Crippen LogP contribution in [0.2, 0.25) is 0 Å². The molecule has 0 bridgehead atoms. The minimum absolute atomic E-state index is 0.0762. The largest absolute Gasteiger partial charge is 0.506 e. The van der Waals surface area contributed by atoms with Crippen LogP contribution in [0.5, 0.6) is 5.75 Å². The van der Waals surface area contributed by atoms with E-state index in [0.717, 1.165) is 30.7 Å². The van der Waals surface area contributed by atoms with Gasteiger partial charge in [-0.3, -0.25) is 0 Å². The summed E-state index contributed by atoms with van der Waals surface area (Å²) in [6.45, 7) is 0.803. The van der Waals surface area contributed by atoms with E-state index in [0.29, 0.717) is 11.7 Å². The number of phenolic OH excluding ortho intramolecular Hbond substituents is 1. The fraction of sp³-hybridized carbons (Fsp3) is 0.333. The first kappa shape index (κ1) is 12.7. The quantitative estimate of drug-likeness (QED) is 0.776. The third-order valence-electron chi connectivity index (χ3n) is 4.64. The van der Waals surface area contributed by atoms with Crippen molar-refractivity contribution in [1.82, 2.24) is 0 Å². The van der Waals surface area contributed by atoms with Gasteiger partial charge in [-0.2, -0.15) is 0 Å². The molecule has 0 unspecified atom stereocenters. The lowest BCUT2D eigenvalue weighted by Gasteiger charge is -2.43. The van der Waals surface area contributed by atoms with Crippen LogP contribution in [0.1, 0.15) is 36.1 Å². The zero-order chi connectivity index (χ0) is 14.2. The van der Waals surface area contributed by atoms with Gasteiger partial charge in [0.1, 0.15) is 5.75 Å². The highest BCUT2D eigenvalue weighted by Crippen LogP contribution is 2.51. The number of ether oxygens (including phenoxy) is 1. The molecule has 4 rings (SSSR count). The molecule has 0 amide bonds. The van der Waals surface area contributed by atoms with Gasteiger partial charge in [0, 0.05) is 18.1 Å². The number of rotatable bonds is 1. The Kier molecular flexibility index (Phi) is 3.08. The number of aromatic hydroxyl groups is 1. The third kappa shape index (κ3) is 2.09. The molecule has 2 aliphatic heterocycles. The number of phenols is 1. The summed E-state index contributed by atoms with van der Waals surface area (Å²) >= 11 is 0. The van der Waals surface area contributed by atoms with Gasteiger partial charge in [-0.05, 0) is 24.5 Å². The molecule has 2 heterocycles. The van der Waals surface area contributed by atoms with Crippen molar-refractivity contribution in [3.8, 4) is 5.75 Å². The number of hydrogen-bond acceptors (Lipinski definition) is 3. The predicted molar refractivity (Wildman–Crippen MR) is 82.3 cm³/mol. The molecule has 0 aromatic heterocycles. The van der Waals surface area contributed by atoms with E-state index in [1.807, 2.05) is 12.1 Å². The molecule has 0 aliphatic carbocycles. The first-order valence-electron chi connectivity index (χ1n) is 7.59. The Morgan fingerprint density at radius 2 is 1.90 bits per heavy atom. The van der Waals surface area contributed by atoms with E-state index in [9.17, 15) is 5.11 Å². The molecule has 3 nitrogen and oxygen atoms in total. The van der Waals surface area contributed by atoms with Crippen LogP contribution >= 0.6 is 0 Å². The van der Waals surface area contributed by atoms with E-state index in [4.69, 9.17) is 4.74 Å². The second kappa shape index (κ2) is 5.08. The number of fused-ring (bicyclic) bond motifs is 3. The van der Waals surface area contributed by atoms with Crippen LogP contribution in [0, 0.1) is 5.92 Å². The van der Waals surface area contributed by atoms with E-state index in [-0.39, 0.29) is 12.1 Å². The highest BCUT2D eigenvalue weighted by molar-refractivity contribution is 5.65. The summed E-state index contributed by atoms with van der Waals surface area (Å²) in [6, 6.07) is 16.3. The molecule has 2 aliphatic rings. The van der Waals surface area contributed by atoms with Gasteiger partial charge in [0.15, 0.2) is 0 Å². The van der Waals surface area contributed by atoms with Crippen LogP contribution in [0.3, 0.4) is 0 Å². The molecular weight excluding hydrogens is 262 g/mol. The average molecular weight is 281 g/mol. The van der Waals surface area contributed by atoms with Gasteiger partial charge in [-0.1, -0.05) is 42.5 Å². The third-order valence-corrected chi connectivity index (χ3v) is 4.64. The molecule has 2 aromatic rings. The van der Waals surface area contributed by atoms with E-state index in [1.165, 1.54) is 5.56 Å². The Bertz CT molecular complexity index is 641. The Morgan fingerprint density at radius 1 is 1.05 bits per heavy atom. The summed E-state index contributed by atoms with van der Waals surface area (Å²) in [5.74, 6) is 0.719. The van der Waals surface area contributed by atoms with Crippen molar-refractivity contribution >= 4 is 5.69 Å². The molecule has 0 spiro atoms. The summed E-state index contributed by atoms with van der Waals surface area (Å²) in [6.07, 6.45) is 2.32. The molecule has 1 fully saturated rings. The van der Waals surface area contributed by atoms with Crippen LogP contribution in [0.25, 0.3) is 0 Å². The highest BCUT2D eigenvalue weighted by atomic mass is 16.5. The normalized spacial score (nSPS) is 27.3. The topological polar surface area (TPSA) is 41.5 Å². The molecule has 0 saturated carbocycles. The highest BCUT2D eigenvalue weighted by Gasteiger charge is 2.40. The first-order chi connectivity index (χ1) is 10.3. The van der Waals surface area contributed by atoms with Crippen LogP contribution < -0.4 is 5.32 Å². The van der Waals surface area contributed by atoms with Crippen molar-refractivity contribution in [2.45, 2.75) is 25.0 Å². The van der Waals surface area contributed by atoms with Gasteiger partial charge < -0.3 is 15.2 Å².